The zero-order valence-corrected chi connectivity index (χ0v) is 14.7. The van der Waals surface area contributed by atoms with Crippen LogP contribution >= 0.6 is 27.3 Å². The zero-order valence-electron chi connectivity index (χ0n) is 11.5. The fourth-order valence-electron chi connectivity index (χ4n) is 2.02. The number of hydrogen-bond donors (Lipinski definition) is 1. The van der Waals surface area contributed by atoms with Crippen molar-refractivity contribution in [3.8, 4) is 0 Å². The largest absolute Gasteiger partial charge is 0.309 e. The lowest BCUT2D eigenvalue weighted by Gasteiger charge is -2.15. The molecule has 20 heavy (non-hydrogen) atoms. The van der Waals surface area contributed by atoms with Gasteiger partial charge in [0, 0.05) is 20.5 Å². The van der Waals surface area contributed by atoms with E-state index in [2.05, 4.69) is 34.2 Å². The molecule has 0 radical (unpaired) electrons. The smallest absolute Gasteiger partial charge is 0.175 e. The highest BCUT2D eigenvalue weighted by molar-refractivity contribution is 9.10. The summed E-state index contributed by atoms with van der Waals surface area (Å²) in [7, 11) is -1.31. The summed E-state index contributed by atoms with van der Waals surface area (Å²) in [5.74, 6) is 0. The van der Waals surface area contributed by atoms with Gasteiger partial charge in [0.25, 0.3) is 0 Å². The number of thiophene rings is 1. The van der Waals surface area contributed by atoms with E-state index in [0.29, 0.717) is 4.90 Å². The van der Waals surface area contributed by atoms with Crippen molar-refractivity contribution in [3.63, 3.8) is 0 Å². The van der Waals surface area contributed by atoms with Gasteiger partial charge in [0.2, 0.25) is 0 Å². The average molecular weight is 374 g/mol. The molecule has 0 aliphatic heterocycles. The second kappa shape index (κ2) is 5.97. The summed E-state index contributed by atoms with van der Waals surface area (Å²) in [6.07, 6.45) is 1.23. The van der Waals surface area contributed by atoms with E-state index in [-0.39, 0.29) is 6.04 Å². The molecule has 0 saturated heterocycles. The molecule has 6 heteroatoms. The quantitative estimate of drug-likeness (QED) is 0.891. The fourth-order valence-corrected chi connectivity index (χ4v) is 4.40. The third-order valence-corrected chi connectivity index (χ3v) is 6.38. The van der Waals surface area contributed by atoms with Crippen LogP contribution in [0.4, 0.5) is 0 Å². The fraction of sp³-hybridized carbons (Fsp3) is 0.286. The van der Waals surface area contributed by atoms with Crippen LogP contribution in [-0.4, -0.2) is 21.7 Å². The maximum absolute atomic E-state index is 11.7. The van der Waals surface area contributed by atoms with Gasteiger partial charge in [0.05, 0.1) is 10.9 Å². The normalized spacial score (nSPS) is 13.4. The molecule has 3 nitrogen and oxygen atoms in total. The number of benzene rings is 1. The summed E-state index contributed by atoms with van der Waals surface area (Å²) in [6, 6.07) is 9.16. The Morgan fingerprint density at radius 2 is 2.00 bits per heavy atom. The number of hydrogen-bond acceptors (Lipinski definition) is 4. The molecule has 1 atom stereocenters. The van der Waals surface area contributed by atoms with Crippen molar-refractivity contribution in [1.29, 1.82) is 0 Å². The second-order valence-corrected chi connectivity index (χ2v) is 8.78. The molecule has 0 aliphatic rings. The van der Waals surface area contributed by atoms with Gasteiger partial charge in [0.15, 0.2) is 9.84 Å². The summed E-state index contributed by atoms with van der Waals surface area (Å²) in [4.78, 5) is 2.71. The Hall–Kier alpha value is -0.690. The minimum Gasteiger partial charge on any atom is -0.309 e. The molecular weight excluding hydrogens is 358 g/mol. The Labute approximate surface area is 132 Å². The first-order valence-electron chi connectivity index (χ1n) is 6.06. The Bertz CT molecular complexity index is 703. The molecule has 0 spiro atoms. The predicted octanol–water partition coefficient (Wildman–Crippen LogP) is 3.53. The Kier molecular flexibility index (Phi) is 4.69. The maximum Gasteiger partial charge on any atom is 0.175 e. The Morgan fingerprint density at radius 3 is 2.50 bits per heavy atom. The molecule has 0 amide bonds. The van der Waals surface area contributed by atoms with Gasteiger partial charge in [-0.2, -0.15) is 0 Å². The van der Waals surface area contributed by atoms with Crippen molar-refractivity contribution in [2.45, 2.75) is 17.9 Å². The van der Waals surface area contributed by atoms with Crippen molar-refractivity contribution in [1.82, 2.24) is 5.32 Å². The number of rotatable bonds is 4. The first-order chi connectivity index (χ1) is 9.32. The standard InChI is InChI=1S/C14H16BrNO2S2/c1-9-12(15)8-13(19-9)14(16-2)10-5-4-6-11(7-10)20(3,17)18/h4-8,14,16H,1-3H3. The van der Waals surface area contributed by atoms with E-state index in [1.165, 1.54) is 11.1 Å². The lowest BCUT2D eigenvalue weighted by Crippen LogP contribution is -2.16. The summed E-state index contributed by atoms with van der Waals surface area (Å²) < 4.78 is 24.4. The maximum atomic E-state index is 11.7. The molecule has 108 valence electrons. The third kappa shape index (κ3) is 3.31. The number of halogens is 1. The summed E-state index contributed by atoms with van der Waals surface area (Å²) in [5, 5.41) is 3.25. The van der Waals surface area contributed by atoms with Gasteiger partial charge in [-0.3, -0.25) is 0 Å². The van der Waals surface area contributed by atoms with Crippen LogP contribution in [0.1, 0.15) is 21.4 Å². The molecule has 0 aliphatic carbocycles. The van der Waals surface area contributed by atoms with Gasteiger partial charge < -0.3 is 5.32 Å². The molecular formula is C14H16BrNO2S2. The van der Waals surface area contributed by atoms with E-state index in [0.717, 1.165) is 14.9 Å². The zero-order chi connectivity index (χ0) is 14.9. The van der Waals surface area contributed by atoms with Crippen LogP contribution in [0.5, 0.6) is 0 Å². The van der Waals surface area contributed by atoms with Gasteiger partial charge in [-0.05, 0) is 53.7 Å². The van der Waals surface area contributed by atoms with Crippen molar-refractivity contribution in [3.05, 3.63) is 50.1 Å². The first-order valence-corrected chi connectivity index (χ1v) is 9.56. The molecule has 2 rings (SSSR count). The van der Waals surface area contributed by atoms with E-state index in [1.54, 1.807) is 29.5 Å². The van der Waals surface area contributed by atoms with Crippen LogP contribution in [0.2, 0.25) is 0 Å². The van der Waals surface area contributed by atoms with Crippen molar-refractivity contribution >= 4 is 37.1 Å². The van der Waals surface area contributed by atoms with E-state index >= 15 is 0 Å². The monoisotopic (exact) mass is 373 g/mol. The first kappa shape index (κ1) is 15.7. The molecule has 1 unspecified atom stereocenters. The molecule has 0 bridgehead atoms. The van der Waals surface area contributed by atoms with Crippen LogP contribution in [0.15, 0.2) is 39.7 Å². The molecule has 1 heterocycles. The second-order valence-electron chi connectivity index (χ2n) is 4.62. The van der Waals surface area contributed by atoms with E-state index < -0.39 is 9.84 Å². The van der Waals surface area contributed by atoms with Gasteiger partial charge in [-0.15, -0.1) is 11.3 Å². The molecule has 2 aromatic rings. The highest BCUT2D eigenvalue weighted by atomic mass is 79.9. The minimum atomic E-state index is -3.19. The molecule has 1 aromatic carbocycles. The van der Waals surface area contributed by atoms with Gasteiger partial charge in [0.1, 0.15) is 0 Å². The Morgan fingerprint density at radius 1 is 1.30 bits per heavy atom. The van der Waals surface area contributed by atoms with Crippen LogP contribution in [0, 0.1) is 6.92 Å². The topological polar surface area (TPSA) is 46.2 Å². The van der Waals surface area contributed by atoms with E-state index in [1.807, 2.05) is 13.1 Å². The minimum absolute atomic E-state index is 0.00769. The van der Waals surface area contributed by atoms with Gasteiger partial charge in [-0.1, -0.05) is 12.1 Å². The summed E-state index contributed by atoms with van der Waals surface area (Å²) in [6.45, 7) is 2.05. The molecule has 0 fully saturated rings. The van der Waals surface area contributed by atoms with E-state index in [9.17, 15) is 8.42 Å². The number of aryl methyl sites for hydroxylation is 1. The predicted molar refractivity (Wildman–Crippen MR) is 87.2 cm³/mol. The van der Waals surface area contributed by atoms with Crippen LogP contribution in [-0.2, 0) is 9.84 Å². The lowest BCUT2D eigenvalue weighted by molar-refractivity contribution is 0.601. The van der Waals surface area contributed by atoms with Crippen LogP contribution in [0.3, 0.4) is 0 Å². The van der Waals surface area contributed by atoms with Crippen LogP contribution in [0.25, 0.3) is 0 Å². The molecule has 0 saturated carbocycles. The SMILES string of the molecule is CNC(c1cccc(S(C)(=O)=O)c1)c1cc(Br)c(C)s1. The van der Waals surface area contributed by atoms with Crippen molar-refractivity contribution in [2.75, 3.05) is 13.3 Å². The number of nitrogens with one attached hydrogen (secondary N) is 1. The summed E-state index contributed by atoms with van der Waals surface area (Å²) in [5.41, 5.74) is 0.948. The highest BCUT2D eigenvalue weighted by Gasteiger charge is 2.17. The molecule has 1 N–H and O–H groups in total. The van der Waals surface area contributed by atoms with Gasteiger partial charge in [-0.25, -0.2) is 8.42 Å². The van der Waals surface area contributed by atoms with Crippen LogP contribution < -0.4 is 5.32 Å². The highest BCUT2D eigenvalue weighted by Crippen LogP contribution is 2.34. The summed E-state index contributed by atoms with van der Waals surface area (Å²) >= 11 is 5.22. The Balaban J connectivity index is 2.47. The van der Waals surface area contributed by atoms with Crippen molar-refractivity contribution in [2.24, 2.45) is 0 Å². The van der Waals surface area contributed by atoms with Crippen molar-refractivity contribution < 1.29 is 8.42 Å². The molecule has 1 aromatic heterocycles. The lowest BCUT2D eigenvalue weighted by atomic mass is 10.1. The third-order valence-electron chi connectivity index (χ3n) is 3.07. The number of sulfone groups is 1. The van der Waals surface area contributed by atoms with Gasteiger partial charge >= 0.3 is 0 Å². The van der Waals surface area contributed by atoms with E-state index in [4.69, 9.17) is 0 Å². The average Bonchev–Trinajstić information content (AvgIpc) is 2.69.